The molecule has 22 heavy (non-hydrogen) atoms. The number of aromatic nitrogens is 2. The van der Waals surface area contributed by atoms with Crippen LogP contribution >= 0.6 is 12.2 Å². The molecule has 7 nitrogen and oxygen atoms in total. The number of primary sulfonamides is 1. The molecular weight excluding hydrogens is 322 g/mol. The monoisotopic (exact) mass is 339 g/mol. The number of thiocarbonyl (C=S) groups is 1. The molecule has 0 aliphatic carbocycles. The van der Waals surface area contributed by atoms with Gasteiger partial charge >= 0.3 is 0 Å². The molecule has 9 heteroatoms. The van der Waals surface area contributed by atoms with Gasteiger partial charge in [0.1, 0.15) is 0 Å². The van der Waals surface area contributed by atoms with Crippen LogP contribution in [-0.2, 0) is 16.6 Å². The number of anilines is 2. The van der Waals surface area contributed by atoms with Gasteiger partial charge in [0, 0.05) is 18.4 Å². The molecule has 118 valence electrons. The van der Waals surface area contributed by atoms with Crippen LogP contribution in [0.25, 0.3) is 0 Å². The average Bonchev–Trinajstić information content (AvgIpc) is 2.79. The van der Waals surface area contributed by atoms with Crippen molar-refractivity contribution >= 4 is 38.7 Å². The Balaban J connectivity index is 2.04. The predicted molar refractivity (Wildman–Crippen MR) is 90.3 cm³/mol. The number of benzene rings is 1. The lowest BCUT2D eigenvalue weighted by atomic mass is 10.3. The summed E-state index contributed by atoms with van der Waals surface area (Å²) in [5, 5.41) is 15.8. The number of nitrogens with two attached hydrogens (primary N) is 1. The summed E-state index contributed by atoms with van der Waals surface area (Å²) in [5.74, 6) is 0. The van der Waals surface area contributed by atoms with Crippen molar-refractivity contribution in [2.75, 3.05) is 10.6 Å². The first-order chi connectivity index (χ1) is 10.3. The Morgan fingerprint density at radius 3 is 2.45 bits per heavy atom. The van der Waals surface area contributed by atoms with Crippen molar-refractivity contribution < 1.29 is 8.42 Å². The molecule has 2 rings (SSSR count). The van der Waals surface area contributed by atoms with Gasteiger partial charge in [0.05, 0.1) is 16.3 Å². The third-order valence-corrected chi connectivity index (χ3v) is 4.09. The minimum Gasteiger partial charge on any atom is -0.332 e. The zero-order valence-corrected chi connectivity index (χ0v) is 13.8. The fourth-order valence-corrected chi connectivity index (χ4v) is 2.56. The number of rotatable bonds is 4. The largest absolute Gasteiger partial charge is 0.332 e. The van der Waals surface area contributed by atoms with Gasteiger partial charge in [-0.3, -0.25) is 4.68 Å². The van der Waals surface area contributed by atoms with Crippen LogP contribution in [0.1, 0.15) is 12.6 Å². The molecule has 1 aromatic carbocycles. The summed E-state index contributed by atoms with van der Waals surface area (Å²) in [6, 6.07) is 6.02. The zero-order chi connectivity index (χ0) is 16.3. The van der Waals surface area contributed by atoms with Crippen LogP contribution in [0.3, 0.4) is 0 Å². The quantitative estimate of drug-likeness (QED) is 0.732. The van der Waals surface area contributed by atoms with E-state index < -0.39 is 10.0 Å². The minimum atomic E-state index is -3.69. The van der Waals surface area contributed by atoms with Crippen LogP contribution in [0, 0.1) is 6.92 Å². The fourth-order valence-electron chi connectivity index (χ4n) is 1.82. The van der Waals surface area contributed by atoms with E-state index >= 15 is 0 Å². The van der Waals surface area contributed by atoms with Crippen molar-refractivity contribution in [3.05, 3.63) is 36.2 Å². The first-order valence-corrected chi connectivity index (χ1v) is 8.50. The number of sulfonamides is 1. The lowest BCUT2D eigenvalue weighted by Crippen LogP contribution is -2.19. The van der Waals surface area contributed by atoms with Gasteiger partial charge in [0.15, 0.2) is 5.11 Å². The van der Waals surface area contributed by atoms with Crippen molar-refractivity contribution in [1.29, 1.82) is 0 Å². The lowest BCUT2D eigenvalue weighted by molar-refractivity contribution is 0.598. The van der Waals surface area contributed by atoms with Crippen molar-refractivity contribution in [3.8, 4) is 0 Å². The maximum Gasteiger partial charge on any atom is 0.238 e. The van der Waals surface area contributed by atoms with Crippen molar-refractivity contribution in [2.24, 2.45) is 5.14 Å². The van der Waals surface area contributed by atoms with Crippen LogP contribution in [0.4, 0.5) is 11.4 Å². The maximum atomic E-state index is 11.2. The molecular formula is C13H17N5O2S2. The third kappa shape index (κ3) is 4.03. The number of hydrogen-bond donors (Lipinski definition) is 3. The van der Waals surface area contributed by atoms with Crippen molar-refractivity contribution in [1.82, 2.24) is 9.78 Å². The molecule has 0 saturated heterocycles. The number of nitrogens with one attached hydrogen (secondary N) is 2. The zero-order valence-electron chi connectivity index (χ0n) is 12.2. The highest BCUT2D eigenvalue weighted by molar-refractivity contribution is 7.89. The van der Waals surface area contributed by atoms with E-state index in [-0.39, 0.29) is 4.90 Å². The van der Waals surface area contributed by atoms with E-state index in [1.54, 1.807) is 16.8 Å². The molecule has 0 bridgehead atoms. The van der Waals surface area contributed by atoms with E-state index in [4.69, 9.17) is 17.4 Å². The molecule has 0 aliphatic rings. The van der Waals surface area contributed by atoms with Crippen molar-refractivity contribution in [3.63, 3.8) is 0 Å². The topological polar surface area (TPSA) is 102 Å². The van der Waals surface area contributed by atoms with Crippen LogP contribution in [0.5, 0.6) is 0 Å². The summed E-state index contributed by atoms with van der Waals surface area (Å²) in [7, 11) is -3.69. The summed E-state index contributed by atoms with van der Waals surface area (Å²) in [4.78, 5) is 0.0528. The summed E-state index contributed by atoms with van der Waals surface area (Å²) < 4.78 is 24.2. The molecule has 0 amide bonds. The second kappa shape index (κ2) is 6.42. The fraction of sp³-hybridized carbons (Fsp3) is 0.231. The minimum absolute atomic E-state index is 0.0528. The molecule has 0 radical (unpaired) electrons. The standard InChI is InChI=1S/C13H17N5O2S2/c1-3-18-8-12(9(2)17-18)16-13(21)15-10-4-6-11(7-5-10)22(14,19)20/h4-8H,3H2,1-2H3,(H2,14,19,20)(H2,15,16,21). The van der Waals surface area contributed by atoms with Crippen LogP contribution in [0.2, 0.25) is 0 Å². The lowest BCUT2D eigenvalue weighted by Gasteiger charge is -2.10. The first kappa shape index (κ1) is 16.4. The normalized spacial score (nSPS) is 11.2. The Hall–Kier alpha value is -1.97. The summed E-state index contributed by atoms with van der Waals surface area (Å²) >= 11 is 5.23. The van der Waals surface area contributed by atoms with Crippen molar-refractivity contribution in [2.45, 2.75) is 25.3 Å². The number of hydrogen-bond acceptors (Lipinski definition) is 4. The molecule has 1 aromatic heterocycles. The summed E-state index contributed by atoms with van der Waals surface area (Å²) in [6.07, 6.45) is 1.87. The predicted octanol–water partition coefficient (Wildman–Crippen LogP) is 1.67. The highest BCUT2D eigenvalue weighted by Gasteiger charge is 2.08. The van der Waals surface area contributed by atoms with Gasteiger partial charge < -0.3 is 10.6 Å². The van der Waals surface area contributed by atoms with Gasteiger partial charge in [-0.05, 0) is 50.3 Å². The molecule has 0 spiro atoms. The van der Waals surface area contributed by atoms with E-state index in [0.29, 0.717) is 10.8 Å². The molecule has 4 N–H and O–H groups in total. The smallest absolute Gasteiger partial charge is 0.238 e. The Morgan fingerprint density at radius 2 is 1.95 bits per heavy atom. The maximum absolute atomic E-state index is 11.2. The van der Waals surface area contributed by atoms with Crippen LogP contribution < -0.4 is 15.8 Å². The van der Waals surface area contributed by atoms with Gasteiger partial charge in [-0.15, -0.1) is 0 Å². The second-order valence-corrected chi connectivity index (χ2v) is 6.60. The van der Waals surface area contributed by atoms with E-state index in [1.165, 1.54) is 12.1 Å². The molecule has 0 aliphatic heterocycles. The molecule has 1 heterocycles. The molecule has 0 unspecified atom stereocenters. The first-order valence-electron chi connectivity index (χ1n) is 6.54. The molecule has 0 fully saturated rings. The molecule has 2 aromatic rings. The van der Waals surface area contributed by atoms with Gasteiger partial charge in [-0.25, -0.2) is 13.6 Å². The van der Waals surface area contributed by atoms with Gasteiger partial charge in [0.2, 0.25) is 10.0 Å². The van der Waals surface area contributed by atoms with Crippen LogP contribution in [0.15, 0.2) is 35.4 Å². The van der Waals surface area contributed by atoms with E-state index in [2.05, 4.69) is 15.7 Å². The Kier molecular flexibility index (Phi) is 4.79. The summed E-state index contributed by atoms with van der Waals surface area (Å²) in [6.45, 7) is 4.66. The SMILES string of the molecule is CCn1cc(NC(=S)Nc2ccc(S(N)(=O)=O)cc2)c(C)n1. The third-order valence-electron chi connectivity index (χ3n) is 2.96. The van der Waals surface area contributed by atoms with E-state index in [9.17, 15) is 8.42 Å². The highest BCUT2D eigenvalue weighted by Crippen LogP contribution is 2.15. The number of nitrogens with zero attached hydrogens (tertiary/aromatic N) is 2. The molecule has 0 saturated carbocycles. The van der Waals surface area contributed by atoms with Crippen LogP contribution in [-0.4, -0.2) is 23.3 Å². The van der Waals surface area contributed by atoms with Gasteiger partial charge in [0.25, 0.3) is 0 Å². The summed E-state index contributed by atoms with van der Waals surface area (Å²) in [5.41, 5.74) is 2.32. The Bertz CT molecular complexity index is 781. The highest BCUT2D eigenvalue weighted by atomic mass is 32.2. The van der Waals surface area contributed by atoms with E-state index in [0.717, 1.165) is 17.9 Å². The number of aryl methyl sites for hydroxylation is 2. The van der Waals surface area contributed by atoms with Gasteiger partial charge in [-0.2, -0.15) is 5.10 Å². The Morgan fingerprint density at radius 1 is 1.32 bits per heavy atom. The van der Waals surface area contributed by atoms with Gasteiger partial charge in [-0.1, -0.05) is 0 Å². The average molecular weight is 339 g/mol. The second-order valence-electron chi connectivity index (χ2n) is 4.63. The Labute approximate surface area is 134 Å². The molecule has 0 atom stereocenters. The van der Waals surface area contributed by atoms with E-state index in [1.807, 2.05) is 20.0 Å².